The zero-order valence-corrected chi connectivity index (χ0v) is 18.3. The molecule has 1 aromatic heterocycles. The maximum absolute atomic E-state index is 13.0. The van der Waals surface area contributed by atoms with Crippen molar-refractivity contribution < 1.29 is 13.2 Å². The van der Waals surface area contributed by atoms with Crippen LogP contribution in [-0.4, -0.2) is 37.3 Å². The lowest BCUT2D eigenvalue weighted by molar-refractivity contribution is 0.0375. The fraction of sp³-hybridized carbons (Fsp3) is 0.409. The van der Waals surface area contributed by atoms with Crippen molar-refractivity contribution in [2.45, 2.75) is 55.4 Å². The lowest BCUT2D eigenvalue weighted by atomic mass is 9.97. The molecule has 2 aromatic rings. The van der Waals surface area contributed by atoms with Gasteiger partial charge in [-0.3, -0.25) is 10.3 Å². The van der Waals surface area contributed by atoms with Crippen molar-refractivity contribution in [3.8, 4) is 6.19 Å². The van der Waals surface area contributed by atoms with Gasteiger partial charge >= 0.3 is 0 Å². The van der Waals surface area contributed by atoms with Crippen LogP contribution in [0, 0.1) is 11.5 Å². The zero-order chi connectivity index (χ0) is 22.1. The number of aliphatic imine (C=N–C) groups is 1. The Morgan fingerprint density at radius 2 is 1.84 bits per heavy atom. The summed E-state index contributed by atoms with van der Waals surface area (Å²) in [6.07, 6.45) is 8.11. The molecule has 0 amide bonds. The van der Waals surface area contributed by atoms with E-state index in [0.29, 0.717) is 36.8 Å². The second kappa shape index (κ2) is 10.9. The average Bonchev–Trinajstić information content (AvgIpc) is 2.79. The third kappa shape index (κ3) is 6.26. The van der Waals surface area contributed by atoms with Crippen molar-refractivity contribution >= 4 is 21.5 Å². The molecule has 0 aliphatic heterocycles. The van der Waals surface area contributed by atoms with E-state index in [1.165, 1.54) is 0 Å². The molecule has 2 N–H and O–H groups in total. The first-order chi connectivity index (χ1) is 15.0. The Kier molecular flexibility index (Phi) is 7.98. The summed E-state index contributed by atoms with van der Waals surface area (Å²) in [7, 11) is -3.36. The summed E-state index contributed by atoms with van der Waals surface area (Å²) in [5.41, 5.74) is 1.59. The van der Waals surface area contributed by atoms with E-state index in [-0.39, 0.29) is 11.4 Å². The van der Waals surface area contributed by atoms with Gasteiger partial charge in [-0.25, -0.2) is 13.4 Å². The number of ether oxygens (including phenoxy) is 1. The van der Waals surface area contributed by atoms with Crippen LogP contribution in [0.5, 0.6) is 0 Å². The molecule has 0 radical (unpaired) electrons. The summed E-state index contributed by atoms with van der Waals surface area (Å²) >= 11 is 0. The number of nitriles is 1. The van der Waals surface area contributed by atoms with Gasteiger partial charge in [0.1, 0.15) is 0 Å². The van der Waals surface area contributed by atoms with E-state index in [9.17, 15) is 8.42 Å². The number of hydrogen-bond donors (Lipinski definition) is 2. The Hall–Kier alpha value is -2.96. The predicted molar refractivity (Wildman–Crippen MR) is 119 cm³/mol. The molecule has 8 nitrogen and oxygen atoms in total. The van der Waals surface area contributed by atoms with Gasteiger partial charge in [0.25, 0.3) is 0 Å². The molecule has 0 bridgehead atoms. The molecular weight excluding hydrogens is 414 g/mol. The second-order valence-corrected chi connectivity index (χ2v) is 9.53. The molecule has 1 saturated carbocycles. The van der Waals surface area contributed by atoms with Crippen LogP contribution < -0.4 is 10.6 Å². The standard InChI is InChI=1S/C22H27N5O3S/c1-2-30-19-5-9-21(10-6-19)31(28,29)20-7-3-17(4-8-20)15-25-22(26-16-23)27-18-11-13-24-14-12-18/h3-4,7-8,11-14,19,21H,2,5-6,9-10,15H2,1H3,(H2,24,25,26,27). The monoisotopic (exact) mass is 441 g/mol. The summed E-state index contributed by atoms with van der Waals surface area (Å²) in [5.74, 6) is 0.302. The first-order valence-electron chi connectivity index (χ1n) is 10.3. The molecule has 9 heteroatoms. The summed E-state index contributed by atoms with van der Waals surface area (Å²) < 4.78 is 31.6. The second-order valence-electron chi connectivity index (χ2n) is 7.31. The molecule has 1 fully saturated rings. The molecule has 1 aliphatic rings. The number of guanidine groups is 1. The highest BCUT2D eigenvalue weighted by molar-refractivity contribution is 7.92. The van der Waals surface area contributed by atoms with E-state index in [0.717, 1.165) is 24.1 Å². The van der Waals surface area contributed by atoms with Crippen molar-refractivity contribution in [3.05, 3.63) is 54.4 Å². The molecule has 0 spiro atoms. The topological polar surface area (TPSA) is 116 Å². The number of rotatable bonds is 7. The van der Waals surface area contributed by atoms with Crippen molar-refractivity contribution in [3.63, 3.8) is 0 Å². The lowest BCUT2D eigenvalue weighted by Gasteiger charge is -2.28. The number of nitrogens with zero attached hydrogens (tertiary/aromatic N) is 3. The van der Waals surface area contributed by atoms with E-state index in [1.807, 2.05) is 13.1 Å². The molecule has 0 unspecified atom stereocenters. The van der Waals surface area contributed by atoms with Crippen LogP contribution in [-0.2, 0) is 21.1 Å². The molecular formula is C22H27N5O3S. The molecule has 31 heavy (non-hydrogen) atoms. The summed E-state index contributed by atoms with van der Waals surface area (Å²) in [6.45, 7) is 2.92. The normalized spacial score (nSPS) is 19.4. The van der Waals surface area contributed by atoms with Gasteiger partial charge in [0.05, 0.1) is 22.8 Å². The Bertz CT molecular complexity index is 1010. The number of hydrogen-bond acceptors (Lipinski definition) is 6. The number of aromatic nitrogens is 1. The minimum atomic E-state index is -3.36. The van der Waals surface area contributed by atoms with Crippen LogP contribution >= 0.6 is 0 Å². The van der Waals surface area contributed by atoms with Gasteiger partial charge < -0.3 is 10.1 Å². The number of anilines is 1. The van der Waals surface area contributed by atoms with E-state index in [1.54, 1.807) is 48.8 Å². The van der Waals surface area contributed by atoms with E-state index in [4.69, 9.17) is 10.00 Å². The zero-order valence-electron chi connectivity index (χ0n) is 17.5. The Balaban J connectivity index is 1.63. The predicted octanol–water partition coefficient (Wildman–Crippen LogP) is 3.24. The van der Waals surface area contributed by atoms with Gasteiger partial charge in [0, 0.05) is 24.7 Å². The minimum Gasteiger partial charge on any atom is -0.379 e. The van der Waals surface area contributed by atoms with Gasteiger partial charge in [-0.2, -0.15) is 5.26 Å². The minimum absolute atomic E-state index is 0.175. The average molecular weight is 442 g/mol. The molecule has 0 atom stereocenters. The maximum atomic E-state index is 13.0. The molecule has 3 rings (SSSR count). The Labute approximate surface area is 183 Å². The first-order valence-corrected chi connectivity index (χ1v) is 11.9. The third-order valence-electron chi connectivity index (χ3n) is 5.25. The van der Waals surface area contributed by atoms with Gasteiger partial charge in [-0.1, -0.05) is 12.1 Å². The Morgan fingerprint density at radius 1 is 1.16 bits per heavy atom. The van der Waals surface area contributed by atoms with Crippen LogP contribution in [0.2, 0.25) is 0 Å². The van der Waals surface area contributed by atoms with E-state index in [2.05, 4.69) is 20.6 Å². The van der Waals surface area contributed by atoms with Crippen LogP contribution in [0.1, 0.15) is 38.2 Å². The fourth-order valence-corrected chi connectivity index (χ4v) is 5.42. The smallest absolute Gasteiger partial charge is 0.209 e. The van der Waals surface area contributed by atoms with Crippen LogP contribution in [0.4, 0.5) is 5.69 Å². The summed E-state index contributed by atoms with van der Waals surface area (Å²) in [4.78, 5) is 8.66. The largest absolute Gasteiger partial charge is 0.379 e. The van der Waals surface area contributed by atoms with Crippen LogP contribution in [0.3, 0.4) is 0 Å². The van der Waals surface area contributed by atoms with E-state index >= 15 is 0 Å². The number of pyridine rings is 1. The number of benzene rings is 1. The molecule has 164 valence electrons. The molecule has 1 aliphatic carbocycles. The first kappa shape index (κ1) is 22.7. The highest BCUT2D eigenvalue weighted by Gasteiger charge is 2.32. The quantitative estimate of drug-likeness (QED) is 0.293. The number of nitrogens with one attached hydrogen (secondary N) is 2. The number of sulfone groups is 1. The van der Waals surface area contributed by atoms with Gasteiger partial charge in [-0.15, -0.1) is 0 Å². The highest BCUT2D eigenvalue weighted by atomic mass is 32.2. The fourth-order valence-electron chi connectivity index (χ4n) is 3.63. The SMILES string of the molecule is CCOC1CCC(S(=O)(=O)c2ccc(CN=C(NC#N)Nc3ccncc3)cc2)CC1. The van der Waals surface area contributed by atoms with E-state index < -0.39 is 9.84 Å². The van der Waals surface area contributed by atoms with Crippen LogP contribution in [0.25, 0.3) is 0 Å². The molecule has 0 saturated heterocycles. The van der Waals surface area contributed by atoms with Gasteiger partial charge in [0.15, 0.2) is 16.0 Å². The summed E-state index contributed by atoms with van der Waals surface area (Å²) in [6, 6.07) is 10.3. The van der Waals surface area contributed by atoms with Crippen molar-refractivity contribution in [1.82, 2.24) is 10.3 Å². The third-order valence-corrected chi connectivity index (χ3v) is 7.53. The molecule has 1 aromatic carbocycles. The van der Waals surface area contributed by atoms with Crippen molar-refractivity contribution in [1.29, 1.82) is 5.26 Å². The maximum Gasteiger partial charge on any atom is 0.209 e. The van der Waals surface area contributed by atoms with Crippen LogP contribution in [0.15, 0.2) is 58.7 Å². The summed E-state index contributed by atoms with van der Waals surface area (Å²) in [5, 5.41) is 14.1. The van der Waals surface area contributed by atoms with Gasteiger partial charge in [-0.05, 0) is 62.4 Å². The molecule has 1 heterocycles. The van der Waals surface area contributed by atoms with Crippen molar-refractivity contribution in [2.24, 2.45) is 4.99 Å². The van der Waals surface area contributed by atoms with Crippen molar-refractivity contribution in [2.75, 3.05) is 11.9 Å². The highest BCUT2D eigenvalue weighted by Crippen LogP contribution is 2.30. The lowest BCUT2D eigenvalue weighted by Crippen LogP contribution is -2.30. The Morgan fingerprint density at radius 3 is 2.45 bits per heavy atom. The van der Waals surface area contributed by atoms with Gasteiger partial charge in [0.2, 0.25) is 5.96 Å².